The van der Waals surface area contributed by atoms with Crippen molar-refractivity contribution in [2.45, 2.75) is 89.1 Å². The molecule has 3 aromatic rings. The van der Waals surface area contributed by atoms with Gasteiger partial charge < -0.3 is 14.9 Å². The number of carboxylic acid groups (broad SMARTS) is 1. The van der Waals surface area contributed by atoms with Gasteiger partial charge in [-0.15, -0.1) is 0 Å². The summed E-state index contributed by atoms with van der Waals surface area (Å²) < 4.78 is 6.59. The Kier molecular flexibility index (Phi) is 7.41. The van der Waals surface area contributed by atoms with E-state index in [-0.39, 0.29) is 11.5 Å². The second kappa shape index (κ2) is 11.0. The van der Waals surface area contributed by atoms with Gasteiger partial charge in [-0.25, -0.2) is 4.79 Å². The van der Waals surface area contributed by atoms with Crippen LogP contribution in [0.25, 0.3) is 21.9 Å². The monoisotopic (exact) mass is 526 g/mol. The lowest BCUT2D eigenvalue weighted by atomic mass is 9.48. The zero-order valence-corrected chi connectivity index (χ0v) is 23.2. The summed E-state index contributed by atoms with van der Waals surface area (Å²) in [5.74, 6) is 2.52. The van der Waals surface area contributed by atoms with Crippen molar-refractivity contribution in [2.24, 2.45) is 17.8 Å². The summed E-state index contributed by atoms with van der Waals surface area (Å²) in [6, 6.07) is 18.4. The molecule has 7 rings (SSSR count). The zero-order valence-electron chi connectivity index (χ0n) is 23.2. The highest BCUT2D eigenvalue weighted by atomic mass is 16.5. The van der Waals surface area contributed by atoms with Gasteiger partial charge in [0.2, 0.25) is 0 Å². The molecule has 0 aromatic heterocycles. The molecular weight excluding hydrogens is 484 g/mol. The normalized spacial score (nSPS) is 26.2. The Balaban J connectivity index is 1.36. The molecule has 4 heteroatoms. The number of rotatable bonds is 11. The minimum atomic E-state index is -0.923. The molecule has 0 spiro atoms. The molecule has 0 amide bonds. The van der Waals surface area contributed by atoms with Crippen molar-refractivity contribution < 1.29 is 19.7 Å². The lowest BCUT2D eigenvalue weighted by Gasteiger charge is -2.57. The number of fused-ring (bicyclic) bond motifs is 1. The van der Waals surface area contributed by atoms with Crippen LogP contribution in [0.15, 0.2) is 54.6 Å². The topological polar surface area (TPSA) is 66.8 Å². The maximum absolute atomic E-state index is 12.1. The fourth-order valence-electron chi connectivity index (χ4n) is 8.40. The lowest BCUT2D eigenvalue weighted by molar-refractivity contribution is -0.00513. The van der Waals surface area contributed by atoms with Crippen LogP contribution in [-0.4, -0.2) is 28.9 Å². The van der Waals surface area contributed by atoms with Crippen molar-refractivity contribution in [2.75, 3.05) is 6.61 Å². The Morgan fingerprint density at radius 2 is 1.62 bits per heavy atom. The van der Waals surface area contributed by atoms with Gasteiger partial charge in [-0.05, 0) is 122 Å². The van der Waals surface area contributed by atoms with Gasteiger partial charge in [0, 0.05) is 10.9 Å². The highest BCUT2D eigenvalue weighted by Gasteiger charge is 2.51. The standard InChI is InChI=1S/C35H42O4/c1-2-28(36)8-4-3-7-15-39-33-30(29-9-5-6-10-31(29)34(37)38)14-12-26-11-13-27(19-32(26)33)35-20-23-16-24(21-35)18-25(17-23)22-35/h5-6,9-14,19,23-25,28,36H,2-4,7-8,15-18,20-22H2,1H3,(H,37,38). The molecule has 206 valence electrons. The first-order chi connectivity index (χ1) is 19.0. The smallest absolute Gasteiger partial charge is 0.336 e. The van der Waals surface area contributed by atoms with Gasteiger partial charge in [0.15, 0.2) is 0 Å². The van der Waals surface area contributed by atoms with Crippen LogP contribution in [0.4, 0.5) is 0 Å². The van der Waals surface area contributed by atoms with Crippen LogP contribution in [0.1, 0.15) is 93.5 Å². The number of aromatic carboxylic acids is 1. The van der Waals surface area contributed by atoms with E-state index >= 15 is 0 Å². The molecule has 4 fully saturated rings. The van der Waals surface area contributed by atoms with Crippen LogP contribution in [0.2, 0.25) is 0 Å². The van der Waals surface area contributed by atoms with Crippen molar-refractivity contribution in [1.82, 2.24) is 0 Å². The Bertz CT molecular complexity index is 1310. The van der Waals surface area contributed by atoms with Crippen LogP contribution < -0.4 is 4.74 Å². The van der Waals surface area contributed by atoms with Gasteiger partial charge in [-0.3, -0.25) is 0 Å². The average Bonchev–Trinajstić information content (AvgIpc) is 2.93. The van der Waals surface area contributed by atoms with Crippen LogP contribution >= 0.6 is 0 Å². The molecule has 0 aliphatic heterocycles. The first-order valence-corrected chi connectivity index (χ1v) is 15.2. The summed E-state index contributed by atoms with van der Waals surface area (Å²) in [4.78, 5) is 12.1. The van der Waals surface area contributed by atoms with E-state index in [1.54, 1.807) is 12.1 Å². The SMILES string of the molecule is CCC(O)CCCCCOc1c(-c2ccccc2C(=O)O)ccc2ccc(C34CC5CC(CC(C5)C3)C4)cc12. The average molecular weight is 527 g/mol. The molecule has 4 nitrogen and oxygen atoms in total. The van der Waals surface area contributed by atoms with Crippen molar-refractivity contribution in [1.29, 1.82) is 0 Å². The molecule has 1 unspecified atom stereocenters. The quantitative estimate of drug-likeness (QED) is 0.246. The third kappa shape index (κ3) is 5.20. The molecule has 1 atom stereocenters. The summed E-state index contributed by atoms with van der Waals surface area (Å²) in [5, 5.41) is 22.1. The summed E-state index contributed by atoms with van der Waals surface area (Å²) in [6.45, 7) is 2.59. The third-order valence-electron chi connectivity index (χ3n) is 9.97. The van der Waals surface area contributed by atoms with Crippen molar-refractivity contribution in [3.63, 3.8) is 0 Å². The highest BCUT2D eigenvalue weighted by Crippen LogP contribution is 2.61. The largest absolute Gasteiger partial charge is 0.492 e. The number of unbranched alkanes of at least 4 members (excludes halogenated alkanes) is 2. The van der Waals surface area contributed by atoms with E-state index < -0.39 is 5.97 Å². The Morgan fingerprint density at radius 3 is 2.31 bits per heavy atom. The van der Waals surface area contributed by atoms with Crippen molar-refractivity contribution in [3.8, 4) is 16.9 Å². The van der Waals surface area contributed by atoms with E-state index in [9.17, 15) is 15.0 Å². The number of benzene rings is 3. The minimum Gasteiger partial charge on any atom is -0.492 e. The summed E-state index contributed by atoms with van der Waals surface area (Å²) in [7, 11) is 0. The van der Waals surface area contributed by atoms with Crippen molar-refractivity contribution in [3.05, 3.63) is 65.7 Å². The first kappa shape index (κ1) is 26.4. The highest BCUT2D eigenvalue weighted by molar-refractivity contribution is 6.01. The maximum Gasteiger partial charge on any atom is 0.336 e. The number of aliphatic hydroxyl groups excluding tert-OH is 1. The summed E-state index contributed by atoms with van der Waals surface area (Å²) in [6.07, 6.45) is 12.5. The van der Waals surface area contributed by atoms with Crippen LogP contribution in [0, 0.1) is 17.8 Å². The van der Waals surface area contributed by atoms with E-state index in [1.165, 1.54) is 44.1 Å². The Labute approximate surface area is 232 Å². The molecule has 4 aliphatic carbocycles. The summed E-state index contributed by atoms with van der Waals surface area (Å²) >= 11 is 0. The van der Waals surface area contributed by atoms with Gasteiger partial charge in [0.25, 0.3) is 0 Å². The van der Waals surface area contributed by atoms with Crippen LogP contribution in [-0.2, 0) is 5.41 Å². The number of hydrogen-bond donors (Lipinski definition) is 2. The molecule has 0 heterocycles. The predicted molar refractivity (Wildman–Crippen MR) is 156 cm³/mol. The molecule has 0 radical (unpaired) electrons. The van der Waals surface area contributed by atoms with E-state index in [2.05, 4.69) is 24.3 Å². The molecule has 39 heavy (non-hydrogen) atoms. The van der Waals surface area contributed by atoms with E-state index in [4.69, 9.17) is 4.74 Å². The zero-order chi connectivity index (χ0) is 27.0. The maximum atomic E-state index is 12.1. The fourth-order valence-corrected chi connectivity index (χ4v) is 8.40. The molecule has 3 aromatic carbocycles. The second-order valence-corrected chi connectivity index (χ2v) is 12.7. The second-order valence-electron chi connectivity index (χ2n) is 12.7. The number of aliphatic hydroxyl groups is 1. The van der Waals surface area contributed by atoms with Gasteiger partial charge in [-0.2, -0.15) is 0 Å². The number of carbonyl (C=O) groups is 1. The van der Waals surface area contributed by atoms with Gasteiger partial charge >= 0.3 is 5.97 Å². The van der Waals surface area contributed by atoms with Crippen LogP contribution in [0.3, 0.4) is 0 Å². The number of hydrogen-bond acceptors (Lipinski definition) is 3. The first-order valence-electron chi connectivity index (χ1n) is 15.2. The molecule has 2 N–H and O–H groups in total. The van der Waals surface area contributed by atoms with Gasteiger partial charge in [0.1, 0.15) is 5.75 Å². The van der Waals surface area contributed by atoms with Crippen LogP contribution in [0.5, 0.6) is 5.75 Å². The predicted octanol–water partition coefficient (Wildman–Crippen LogP) is 8.38. The van der Waals surface area contributed by atoms with E-state index in [0.29, 0.717) is 17.7 Å². The number of carboxylic acids is 1. The van der Waals surface area contributed by atoms with E-state index in [1.807, 2.05) is 25.1 Å². The van der Waals surface area contributed by atoms with Gasteiger partial charge in [-0.1, -0.05) is 49.7 Å². The van der Waals surface area contributed by atoms with Gasteiger partial charge in [0.05, 0.1) is 18.3 Å². The Hall–Kier alpha value is -2.85. The minimum absolute atomic E-state index is 0.217. The Morgan fingerprint density at radius 1 is 0.923 bits per heavy atom. The third-order valence-corrected chi connectivity index (χ3v) is 9.97. The molecule has 4 bridgehead atoms. The number of ether oxygens (including phenoxy) is 1. The lowest BCUT2D eigenvalue weighted by Crippen LogP contribution is -2.48. The molecule has 4 aliphatic rings. The summed E-state index contributed by atoms with van der Waals surface area (Å²) in [5.41, 5.74) is 3.59. The molecular formula is C35H42O4. The van der Waals surface area contributed by atoms with E-state index in [0.717, 1.165) is 71.9 Å². The van der Waals surface area contributed by atoms with Crippen molar-refractivity contribution >= 4 is 16.7 Å². The fraction of sp³-hybridized carbons (Fsp3) is 0.514. The molecule has 4 saturated carbocycles. The molecule has 0 saturated heterocycles.